The zero-order chi connectivity index (χ0) is 16.6. The van der Waals surface area contributed by atoms with E-state index in [4.69, 9.17) is 0 Å². The van der Waals surface area contributed by atoms with Gasteiger partial charge in [0, 0.05) is 11.9 Å². The third-order valence-electron chi connectivity index (χ3n) is 4.00. The van der Waals surface area contributed by atoms with E-state index in [9.17, 15) is 9.59 Å². The van der Waals surface area contributed by atoms with Crippen molar-refractivity contribution in [2.75, 3.05) is 7.05 Å². The summed E-state index contributed by atoms with van der Waals surface area (Å²) < 4.78 is 0. The van der Waals surface area contributed by atoms with Crippen LogP contribution < -0.4 is 0 Å². The first-order valence-corrected chi connectivity index (χ1v) is 8.18. The molecule has 0 N–H and O–H groups in total. The summed E-state index contributed by atoms with van der Waals surface area (Å²) in [5.74, 6) is -0.478. The van der Waals surface area contributed by atoms with Crippen LogP contribution in [0.5, 0.6) is 0 Å². The zero-order valence-electron chi connectivity index (χ0n) is 13.3. The van der Waals surface area contributed by atoms with E-state index in [1.165, 1.54) is 23.7 Å². The molecule has 2 aromatic rings. The summed E-state index contributed by atoms with van der Waals surface area (Å²) in [6.07, 6.45) is 0. The molecule has 0 aromatic heterocycles. The molecule has 0 radical (unpaired) electrons. The second-order valence-corrected chi connectivity index (χ2v) is 6.67. The molecule has 1 aliphatic rings. The van der Waals surface area contributed by atoms with Crippen LogP contribution in [0.3, 0.4) is 0 Å². The lowest BCUT2D eigenvalue weighted by Gasteiger charge is -2.08. The number of carbonyl (C=O) groups excluding carboxylic acids is 2. The Bertz CT molecular complexity index is 825. The minimum absolute atomic E-state index is 0.239. The molecule has 23 heavy (non-hydrogen) atoms. The number of imide groups is 1. The standard InChI is InChI=1S/C19H17NO2S/c1-12-9-10-14(11-13(12)2)16-17(19(22)20(3)18(16)21)23-15-7-5-4-6-8-15/h4-11H,1-3H3. The maximum atomic E-state index is 12.5. The first-order valence-electron chi connectivity index (χ1n) is 7.36. The number of hydrogen-bond acceptors (Lipinski definition) is 3. The molecule has 0 unspecified atom stereocenters. The lowest BCUT2D eigenvalue weighted by atomic mass is 10.0. The van der Waals surface area contributed by atoms with Crippen LogP contribution in [0.15, 0.2) is 58.3 Å². The summed E-state index contributed by atoms with van der Waals surface area (Å²) in [5.41, 5.74) is 3.56. The molecule has 4 heteroatoms. The van der Waals surface area contributed by atoms with Gasteiger partial charge < -0.3 is 0 Å². The molecule has 3 rings (SSSR count). The molecule has 0 spiro atoms. The quantitative estimate of drug-likeness (QED) is 0.806. The van der Waals surface area contributed by atoms with Gasteiger partial charge in [-0.1, -0.05) is 48.2 Å². The smallest absolute Gasteiger partial charge is 0.268 e. The molecule has 116 valence electrons. The molecular weight excluding hydrogens is 306 g/mol. The van der Waals surface area contributed by atoms with Crippen molar-refractivity contribution in [1.29, 1.82) is 0 Å². The topological polar surface area (TPSA) is 37.4 Å². The molecule has 0 fully saturated rings. The highest BCUT2D eigenvalue weighted by atomic mass is 32.2. The van der Waals surface area contributed by atoms with Crippen LogP contribution in [-0.2, 0) is 9.59 Å². The average Bonchev–Trinajstić information content (AvgIpc) is 2.76. The van der Waals surface area contributed by atoms with E-state index in [1.807, 2.05) is 62.4 Å². The maximum Gasteiger partial charge on any atom is 0.268 e. The average molecular weight is 323 g/mol. The van der Waals surface area contributed by atoms with Crippen LogP contribution in [0.25, 0.3) is 5.57 Å². The van der Waals surface area contributed by atoms with Crippen molar-refractivity contribution < 1.29 is 9.59 Å². The van der Waals surface area contributed by atoms with Gasteiger partial charge in [0.1, 0.15) is 0 Å². The highest BCUT2D eigenvalue weighted by Crippen LogP contribution is 2.39. The van der Waals surface area contributed by atoms with Crippen LogP contribution in [0.4, 0.5) is 0 Å². The number of hydrogen-bond donors (Lipinski definition) is 0. The van der Waals surface area contributed by atoms with Crippen LogP contribution in [0.1, 0.15) is 16.7 Å². The molecule has 0 saturated heterocycles. The van der Waals surface area contributed by atoms with Gasteiger partial charge in [-0.15, -0.1) is 0 Å². The number of amides is 2. The van der Waals surface area contributed by atoms with Gasteiger partial charge in [-0.3, -0.25) is 14.5 Å². The Morgan fingerprint density at radius 2 is 1.57 bits per heavy atom. The third-order valence-corrected chi connectivity index (χ3v) is 5.09. The van der Waals surface area contributed by atoms with Crippen molar-refractivity contribution in [1.82, 2.24) is 4.90 Å². The summed E-state index contributed by atoms with van der Waals surface area (Å²) in [4.78, 5) is 27.7. The van der Waals surface area contributed by atoms with Crippen LogP contribution in [0.2, 0.25) is 0 Å². The number of likely N-dealkylation sites (N-methyl/N-ethyl adjacent to an activating group) is 1. The summed E-state index contributed by atoms with van der Waals surface area (Å²) >= 11 is 1.35. The fraction of sp³-hybridized carbons (Fsp3) is 0.158. The van der Waals surface area contributed by atoms with E-state index >= 15 is 0 Å². The van der Waals surface area contributed by atoms with Crippen LogP contribution >= 0.6 is 11.8 Å². The Kier molecular flexibility index (Phi) is 4.09. The van der Waals surface area contributed by atoms with Gasteiger partial charge in [0.05, 0.1) is 10.5 Å². The van der Waals surface area contributed by atoms with Crippen molar-refractivity contribution in [3.8, 4) is 0 Å². The molecule has 1 aliphatic heterocycles. The van der Waals surface area contributed by atoms with Gasteiger partial charge in [-0.05, 0) is 42.7 Å². The number of benzene rings is 2. The van der Waals surface area contributed by atoms with Gasteiger partial charge in [-0.25, -0.2) is 0 Å². The third kappa shape index (κ3) is 2.82. The van der Waals surface area contributed by atoms with E-state index in [2.05, 4.69) is 0 Å². The second kappa shape index (κ2) is 6.05. The van der Waals surface area contributed by atoms with E-state index in [-0.39, 0.29) is 11.8 Å². The number of aryl methyl sites for hydroxylation is 2. The summed E-state index contributed by atoms with van der Waals surface area (Å²) in [6.45, 7) is 4.04. The van der Waals surface area contributed by atoms with Gasteiger partial charge >= 0.3 is 0 Å². The monoisotopic (exact) mass is 323 g/mol. The Balaban J connectivity index is 2.11. The Morgan fingerprint density at radius 3 is 2.22 bits per heavy atom. The van der Waals surface area contributed by atoms with Crippen molar-refractivity contribution >= 4 is 29.1 Å². The largest absolute Gasteiger partial charge is 0.277 e. The first-order chi connectivity index (χ1) is 11.0. The lowest BCUT2D eigenvalue weighted by molar-refractivity contribution is -0.134. The minimum Gasteiger partial charge on any atom is -0.277 e. The maximum absolute atomic E-state index is 12.5. The van der Waals surface area contributed by atoms with E-state index < -0.39 is 0 Å². The van der Waals surface area contributed by atoms with Crippen LogP contribution in [-0.4, -0.2) is 23.8 Å². The predicted molar refractivity (Wildman–Crippen MR) is 92.9 cm³/mol. The highest BCUT2D eigenvalue weighted by molar-refractivity contribution is 8.04. The number of carbonyl (C=O) groups is 2. The molecule has 2 aromatic carbocycles. The summed E-state index contributed by atoms with van der Waals surface area (Å²) in [6, 6.07) is 15.5. The van der Waals surface area contributed by atoms with Gasteiger partial charge in [0.25, 0.3) is 11.8 Å². The van der Waals surface area contributed by atoms with Crippen molar-refractivity contribution in [2.45, 2.75) is 18.7 Å². The molecule has 2 amide bonds. The highest BCUT2D eigenvalue weighted by Gasteiger charge is 2.37. The minimum atomic E-state index is -0.239. The SMILES string of the molecule is Cc1ccc(C2=C(Sc3ccccc3)C(=O)N(C)C2=O)cc1C. The molecule has 0 bridgehead atoms. The molecule has 0 saturated carbocycles. The fourth-order valence-corrected chi connectivity index (χ4v) is 3.53. The number of rotatable bonds is 3. The number of nitrogens with zero attached hydrogens (tertiary/aromatic N) is 1. The normalized spacial score (nSPS) is 14.8. The second-order valence-electron chi connectivity index (χ2n) is 5.59. The van der Waals surface area contributed by atoms with E-state index in [0.29, 0.717) is 10.5 Å². The lowest BCUT2D eigenvalue weighted by Crippen LogP contribution is -2.26. The van der Waals surface area contributed by atoms with Gasteiger partial charge in [0.15, 0.2) is 0 Å². The summed E-state index contributed by atoms with van der Waals surface area (Å²) in [5, 5.41) is 0. The molecule has 3 nitrogen and oxygen atoms in total. The van der Waals surface area contributed by atoms with E-state index in [1.54, 1.807) is 0 Å². The zero-order valence-corrected chi connectivity index (χ0v) is 14.1. The molecule has 0 aliphatic carbocycles. The molecular formula is C19H17NO2S. The Labute approximate surface area is 140 Å². The van der Waals surface area contributed by atoms with Crippen molar-refractivity contribution in [2.24, 2.45) is 0 Å². The number of thioether (sulfide) groups is 1. The van der Waals surface area contributed by atoms with Crippen molar-refractivity contribution in [3.63, 3.8) is 0 Å². The van der Waals surface area contributed by atoms with Gasteiger partial charge in [-0.2, -0.15) is 0 Å². The van der Waals surface area contributed by atoms with E-state index in [0.717, 1.165) is 21.6 Å². The van der Waals surface area contributed by atoms with Gasteiger partial charge in [0.2, 0.25) is 0 Å². The predicted octanol–water partition coefficient (Wildman–Crippen LogP) is 3.81. The Morgan fingerprint density at radius 1 is 0.870 bits per heavy atom. The molecule has 0 atom stereocenters. The fourth-order valence-electron chi connectivity index (χ4n) is 2.47. The first kappa shape index (κ1) is 15.6. The van der Waals surface area contributed by atoms with Crippen molar-refractivity contribution in [3.05, 3.63) is 70.1 Å². The van der Waals surface area contributed by atoms with Crippen LogP contribution in [0, 0.1) is 13.8 Å². The molecule has 1 heterocycles. The summed E-state index contributed by atoms with van der Waals surface area (Å²) in [7, 11) is 1.53. The Hall–Kier alpha value is -2.33.